The van der Waals surface area contributed by atoms with Crippen molar-refractivity contribution in [2.24, 2.45) is 0 Å². The summed E-state index contributed by atoms with van der Waals surface area (Å²) in [5, 5.41) is 8.92. The van der Waals surface area contributed by atoms with Crippen molar-refractivity contribution < 1.29 is 9.53 Å². The van der Waals surface area contributed by atoms with Crippen molar-refractivity contribution in [3.8, 4) is 17.1 Å². The Morgan fingerprint density at radius 3 is 2.56 bits per heavy atom. The monoisotopic (exact) mass is 354 g/mol. The van der Waals surface area contributed by atoms with Crippen molar-refractivity contribution in [1.29, 1.82) is 0 Å². The number of carbonyl (C=O) groups excluding carboxylic acids is 1. The largest absolute Gasteiger partial charge is 0.468 e. The minimum atomic E-state index is -0.387. The maximum atomic E-state index is 11.8. The van der Waals surface area contributed by atoms with Crippen molar-refractivity contribution >= 4 is 17.7 Å². The molecule has 1 aromatic carbocycles. The summed E-state index contributed by atoms with van der Waals surface area (Å²) in [5.74, 6) is 0.408. The molecule has 0 aliphatic carbocycles. The lowest BCUT2D eigenvalue weighted by Crippen LogP contribution is -2.15. The van der Waals surface area contributed by atoms with E-state index < -0.39 is 0 Å². The van der Waals surface area contributed by atoms with Crippen LogP contribution in [0.15, 0.2) is 53.9 Å². The number of esters is 1. The number of ether oxygens (including phenoxy) is 1. The fourth-order valence-corrected chi connectivity index (χ4v) is 3.32. The number of nitrogens with zero attached hydrogens (tertiary/aromatic N) is 4. The smallest absolute Gasteiger partial charge is 0.318 e. The molecule has 0 unspecified atom stereocenters. The Kier molecular flexibility index (Phi) is 5.14. The number of rotatable bonds is 5. The molecule has 3 aromatic rings. The Morgan fingerprint density at radius 2 is 1.88 bits per heavy atom. The number of methoxy groups -OCH3 is 1. The molecule has 3 rings (SSSR count). The second-order valence-electron chi connectivity index (χ2n) is 5.45. The van der Waals surface area contributed by atoms with Crippen LogP contribution in [0.5, 0.6) is 0 Å². The molecule has 0 N–H and O–H groups in total. The van der Waals surface area contributed by atoms with E-state index in [1.807, 2.05) is 47.9 Å². The third kappa shape index (κ3) is 3.56. The van der Waals surface area contributed by atoms with Crippen LogP contribution in [-0.4, -0.2) is 38.1 Å². The molecule has 128 valence electrons. The Bertz CT molecular complexity index is 880. The number of hydrogen-bond acceptors (Lipinski definition) is 6. The third-order valence-electron chi connectivity index (χ3n) is 3.74. The average Bonchev–Trinajstić information content (AvgIpc) is 3.05. The van der Waals surface area contributed by atoms with Crippen molar-refractivity contribution in [3.05, 3.63) is 54.4 Å². The van der Waals surface area contributed by atoms with Gasteiger partial charge in [0.15, 0.2) is 11.0 Å². The fourth-order valence-electron chi connectivity index (χ4n) is 2.44. The SMILES string of the molecule is COC(=O)[C@@H](C)Sc1nnc(-c2ccncc2)n1-c1ccccc1C. The second-order valence-corrected chi connectivity index (χ2v) is 6.76. The van der Waals surface area contributed by atoms with Gasteiger partial charge in [-0.1, -0.05) is 30.0 Å². The number of para-hydroxylation sites is 1. The Balaban J connectivity index is 2.12. The van der Waals surface area contributed by atoms with E-state index in [9.17, 15) is 4.79 Å². The summed E-state index contributed by atoms with van der Waals surface area (Å²) < 4.78 is 6.79. The van der Waals surface area contributed by atoms with E-state index in [4.69, 9.17) is 4.74 Å². The van der Waals surface area contributed by atoms with E-state index in [1.54, 1.807) is 19.3 Å². The van der Waals surface area contributed by atoms with E-state index in [2.05, 4.69) is 15.2 Å². The van der Waals surface area contributed by atoms with Crippen LogP contribution in [0.3, 0.4) is 0 Å². The zero-order valence-electron chi connectivity index (χ0n) is 14.2. The van der Waals surface area contributed by atoms with Gasteiger partial charge in [0.2, 0.25) is 0 Å². The van der Waals surface area contributed by atoms with Gasteiger partial charge in [-0.05, 0) is 37.6 Å². The predicted octanol–water partition coefficient (Wildman–Crippen LogP) is 3.29. The number of hydrogen-bond donors (Lipinski definition) is 0. The van der Waals surface area contributed by atoms with Gasteiger partial charge in [0.1, 0.15) is 5.25 Å². The van der Waals surface area contributed by atoms with E-state index in [-0.39, 0.29) is 11.2 Å². The van der Waals surface area contributed by atoms with E-state index in [1.165, 1.54) is 18.9 Å². The average molecular weight is 354 g/mol. The molecule has 1 atom stereocenters. The highest BCUT2D eigenvalue weighted by molar-refractivity contribution is 8.00. The van der Waals surface area contributed by atoms with Gasteiger partial charge in [-0.25, -0.2) is 0 Å². The maximum absolute atomic E-state index is 11.8. The first-order valence-electron chi connectivity index (χ1n) is 7.78. The molecule has 0 saturated heterocycles. The maximum Gasteiger partial charge on any atom is 0.318 e. The van der Waals surface area contributed by atoms with Crippen LogP contribution >= 0.6 is 11.8 Å². The third-order valence-corrected chi connectivity index (χ3v) is 4.76. The number of pyridine rings is 1. The Hall–Kier alpha value is -2.67. The van der Waals surface area contributed by atoms with Gasteiger partial charge in [-0.15, -0.1) is 10.2 Å². The topological polar surface area (TPSA) is 69.9 Å². The lowest BCUT2D eigenvalue weighted by Gasteiger charge is -2.14. The summed E-state index contributed by atoms with van der Waals surface area (Å²) in [6, 6.07) is 11.8. The highest BCUT2D eigenvalue weighted by atomic mass is 32.2. The molecule has 2 aromatic heterocycles. The molecule has 0 fully saturated rings. The predicted molar refractivity (Wildman–Crippen MR) is 96.7 cm³/mol. The first-order chi connectivity index (χ1) is 12.1. The van der Waals surface area contributed by atoms with Crippen molar-refractivity contribution in [2.45, 2.75) is 24.3 Å². The van der Waals surface area contributed by atoms with Crippen molar-refractivity contribution in [3.63, 3.8) is 0 Å². The summed E-state index contributed by atoms with van der Waals surface area (Å²) in [5.41, 5.74) is 2.97. The first kappa shape index (κ1) is 17.2. The minimum absolute atomic E-state index is 0.296. The summed E-state index contributed by atoms with van der Waals surface area (Å²) in [4.78, 5) is 15.9. The standard InChI is InChI=1S/C18H18N4O2S/c1-12-6-4-5-7-15(12)22-16(14-8-10-19-11-9-14)20-21-18(22)25-13(2)17(23)24-3/h4-11,13H,1-3H3/t13-/m1/s1. The molecule has 0 amide bonds. The van der Waals surface area contributed by atoms with Gasteiger partial charge in [-0.3, -0.25) is 14.3 Å². The fraction of sp³-hybridized carbons (Fsp3) is 0.222. The van der Waals surface area contributed by atoms with Crippen LogP contribution in [0, 0.1) is 6.92 Å². The lowest BCUT2D eigenvalue weighted by molar-refractivity contribution is -0.139. The molecule has 6 nitrogen and oxygen atoms in total. The van der Waals surface area contributed by atoms with Gasteiger partial charge < -0.3 is 4.74 Å². The second kappa shape index (κ2) is 7.48. The van der Waals surface area contributed by atoms with Crippen molar-refractivity contribution in [2.75, 3.05) is 7.11 Å². The zero-order valence-corrected chi connectivity index (χ0v) is 15.0. The van der Waals surface area contributed by atoms with Gasteiger partial charge >= 0.3 is 5.97 Å². The van der Waals surface area contributed by atoms with E-state index in [0.717, 1.165) is 16.8 Å². The minimum Gasteiger partial charge on any atom is -0.468 e. The van der Waals surface area contributed by atoms with Crippen molar-refractivity contribution in [1.82, 2.24) is 19.7 Å². The summed E-state index contributed by atoms with van der Waals surface area (Å²) >= 11 is 1.32. The quantitative estimate of drug-likeness (QED) is 0.517. The van der Waals surface area contributed by atoms with Gasteiger partial charge in [-0.2, -0.15) is 0 Å². The summed E-state index contributed by atoms with van der Waals surface area (Å²) in [7, 11) is 1.38. The van der Waals surface area contributed by atoms with Crippen LogP contribution in [0.2, 0.25) is 0 Å². The number of aromatic nitrogens is 4. The molecule has 0 aliphatic heterocycles. The molecule has 0 bridgehead atoms. The van der Waals surface area contributed by atoms with Crippen LogP contribution in [0.1, 0.15) is 12.5 Å². The summed E-state index contributed by atoms with van der Waals surface area (Å²) in [6.45, 7) is 3.82. The molecule has 0 saturated carbocycles. The van der Waals surface area contributed by atoms with Gasteiger partial charge in [0.25, 0.3) is 0 Å². The van der Waals surface area contributed by atoms with Gasteiger partial charge in [0, 0.05) is 18.0 Å². The molecule has 0 aliphatic rings. The number of benzene rings is 1. The highest BCUT2D eigenvalue weighted by Gasteiger charge is 2.22. The molecule has 0 spiro atoms. The van der Waals surface area contributed by atoms with Crippen LogP contribution < -0.4 is 0 Å². The normalized spacial score (nSPS) is 12.0. The van der Waals surface area contributed by atoms with Crippen LogP contribution in [-0.2, 0) is 9.53 Å². The number of carbonyl (C=O) groups is 1. The molecule has 25 heavy (non-hydrogen) atoms. The van der Waals surface area contributed by atoms with Crippen LogP contribution in [0.25, 0.3) is 17.1 Å². The molecule has 7 heteroatoms. The van der Waals surface area contributed by atoms with E-state index in [0.29, 0.717) is 11.0 Å². The Labute approximate surface area is 150 Å². The van der Waals surface area contributed by atoms with Gasteiger partial charge in [0.05, 0.1) is 12.8 Å². The van der Waals surface area contributed by atoms with Crippen LogP contribution in [0.4, 0.5) is 0 Å². The number of thioether (sulfide) groups is 1. The summed E-state index contributed by atoms with van der Waals surface area (Å²) in [6.07, 6.45) is 3.44. The molecular formula is C18H18N4O2S. The molecule has 0 radical (unpaired) electrons. The Morgan fingerprint density at radius 1 is 1.16 bits per heavy atom. The highest BCUT2D eigenvalue weighted by Crippen LogP contribution is 2.31. The lowest BCUT2D eigenvalue weighted by atomic mass is 10.2. The molecular weight excluding hydrogens is 336 g/mol. The first-order valence-corrected chi connectivity index (χ1v) is 8.66. The van der Waals surface area contributed by atoms with E-state index >= 15 is 0 Å². The zero-order chi connectivity index (χ0) is 17.8. The molecule has 2 heterocycles. The number of aryl methyl sites for hydroxylation is 1.